The summed E-state index contributed by atoms with van der Waals surface area (Å²) in [5.41, 5.74) is 1.97. The average molecular weight is 342 g/mol. The van der Waals surface area contributed by atoms with E-state index in [0.29, 0.717) is 16.1 Å². The van der Waals surface area contributed by atoms with E-state index >= 15 is 0 Å². The van der Waals surface area contributed by atoms with E-state index in [4.69, 9.17) is 23.2 Å². The molecule has 0 aliphatic rings. The van der Waals surface area contributed by atoms with Crippen molar-refractivity contribution in [3.05, 3.63) is 64.2 Å². The summed E-state index contributed by atoms with van der Waals surface area (Å²) in [6, 6.07) is 11.7. The van der Waals surface area contributed by atoms with Crippen LogP contribution in [0.1, 0.15) is 16.7 Å². The number of halogens is 2. The molecule has 2 aromatic carbocycles. The highest BCUT2D eigenvalue weighted by Gasteiger charge is 2.17. The molecule has 0 amide bonds. The smallest absolute Gasteiger partial charge is 0.199 e. The van der Waals surface area contributed by atoms with Gasteiger partial charge in [0.05, 0.1) is 4.90 Å². The Hall–Kier alpha value is -1.36. The van der Waals surface area contributed by atoms with E-state index in [1.807, 2.05) is 13.0 Å². The lowest BCUT2D eigenvalue weighted by atomic mass is 10.2. The van der Waals surface area contributed by atoms with Gasteiger partial charge < -0.3 is 0 Å². The predicted octanol–water partition coefficient (Wildman–Crippen LogP) is 4.33. The van der Waals surface area contributed by atoms with Crippen molar-refractivity contribution in [3.63, 3.8) is 0 Å². The van der Waals surface area contributed by atoms with Crippen molar-refractivity contribution in [2.45, 2.75) is 18.7 Å². The summed E-state index contributed by atoms with van der Waals surface area (Å²) in [6.45, 7) is 3.54. The zero-order chi connectivity index (χ0) is 15.6. The fraction of sp³-hybridized carbons (Fsp3) is 0.133. The van der Waals surface area contributed by atoms with Crippen LogP contribution in [0.2, 0.25) is 5.02 Å². The first kappa shape index (κ1) is 16.0. The molecule has 0 heterocycles. The lowest BCUT2D eigenvalue weighted by Crippen LogP contribution is -2.04. The Labute approximate surface area is 134 Å². The van der Waals surface area contributed by atoms with E-state index in [1.54, 1.807) is 43.3 Å². The minimum atomic E-state index is -3.85. The highest BCUT2D eigenvalue weighted by Crippen LogP contribution is 2.21. The minimum absolute atomic E-state index is 0.0902. The van der Waals surface area contributed by atoms with Crippen molar-refractivity contribution >= 4 is 38.4 Å². The Morgan fingerprint density at radius 3 is 2.29 bits per heavy atom. The molecule has 0 aromatic heterocycles. The van der Waals surface area contributed by atoms with E-state index in [9.17, 15) is 8.42 Å². The van der Waals surface area contributed by atoms with Crippen molar-refractivity contribution in [1.29, 1.82) is 0 Å². The number of aryl methyl sites for hydroxylation is 2. The molecule has 2 aromatic rings. The molecule has 0 fully saturated rings. The van der Waals surface area contributed by atoms with Crippen LogP contribution in [-0.4, -0.2) is 13.6 Å². The SMILES string of the molecule is Cc1ccc(C)c(S(=O)(=O)/N=C(\Cl)c2ccc(Cl)cc2)c1. The molecule has 0 unspecified atom stereocenters. The Bertz CT molecular complexity index is 797. The molecule has 2 rings (SSSR count). The van der Waals surface area contributed by atoms with Crippen LogP contribution < -0.4 is 0 Å². The summed E-state index contributed by atoms with van der Waals surface area (Å²) in [5.74, 6) is 0. The van der Waals surface area contributed by atoms with Gasteiger partial charge in [0.25, 0.3) is 10.0 Å². The molecule has 0 saturated heterocycles. The van der Waals surface area contributed by atoms with Gasteiger partial charge in [0.15, 0.2) is 0 Å². The third-order valence-corrected chi connectivity index (χ3v) is 4.98. The van der Waals surface area contributed by atoms with Gasteiger partial charge in [0.2, 0.25) is 0 Å². The first-order valence-corrected chi connectivity index (χ1v) is 8.33. The maximum Gasteiger partial charge on any atom is 0.283 e. The first-order chi connectivity index (χ1) is 9.79. The quantitative estimate of drug-likeness (QED) is 0.780. The van der Waals surface area contributed by atoms with E-state index in [1.165, 1.54) is 0 Å². The minimum Gasteiger partial charge on any atom is -0.199 e. The van der Waals surface area contributed by atoms with Crippen LogP contribution >= 0.6 is 23.2 Å². The summed E-state index contributed by atoms with van der Waals surface area (Å²) >= 11 is 11.8. The largest absolute Gasteiger partial charge is 0.283 e. The van der Waals surface area contributed by atoms with E-state index in [-0.39, 0.29) is 10.1 Å². The number of benzene rings is 2. The topological polar surface area (TPSA) is 46.5 Å². The van der Waals surface area contributed by atoms with Crippen LogP contribution in [0.25, 0.3) is 0 Å². The second kappa shape index (κ2) is 6.18. The zero-order valence-electron chi connectivity index (χ0n) is 11.5. The molecule has 0 radical (unpaired) electrons. The van der Waals surface area contributed by atoms with Crippen LogP contribution in [0.4, 0.5) is 0 Å². The van der Waals surface area contributed by atoms with E-state index < -0.39 is 10.0 Å². The second-order valence-electron chi connectivity index (χ2n) is 4.63. The van der Waals surface area contributed by atoms with Crippen LogP contribution in [-0.2, 0) is 10.0 Å². The van der Waals surface area contributed by atoms with Gasteiger partial charge in [-0.25, -0.2) is 0 Å². The number of hydrogen-bond donors (Lipinski definition) is 0. The summed E-state index contributed by atoms with van der Waals surface area (Å²) in [6.07, 6.45) is 0. The Kier molecular flexibility index (Phi) is 4.71. The van der Waals surface area contributed by atoms with Crippen LogP contribution in [0.5, 0.6) is 0 Å². The van der Waals surface area contributed by atoms with Crippen LogP contribution in [0.3, 0.4) is 0 Å². The number of nitrogens with zero attached hydrogens (tertiary/aromatic N) is 1. The monoisotopic (exact) mass is 341 g/mol. The van der Waals surface area contributed by atoms with Crippen LogP contribution in [0, 0.1) is 13.8 Å². The summed E-state index contributed by atoms with van der Waals surface area (Å²) in [4.78, 5) is 0.162. The van der Waals surface area contributed by atoms with Gasteiger partial charge >= 0.3 is 0 Å². The van der Waals surface area contributed by atoms with E-state index in [0.717, 1.165) is 5.56 Å². The summed E-state index contributed by atoms with van der Waals surface area (Å²) < 4.78 is 28.4. The second-order valence-corrected chi connectivity index (χ2v) is 7.00. The fourth-order valence-electron chi connectivity index (χ4n) is 1.78. The van der Waals surface area contributed by atoms with Gasteiger partial charge in [-0.15, -0.1) is 4.40 Å². The molecular formula is C15H13Cl2NO2S. The molecule has 0 aliphatic heterocycles. The zero-order valence-corrected chi connectivity index (χ0v) is 13.8. The third kappa shape index (κ3) is 3.84. The van der Waals surface area contributed by atoms with Crippen LogP contribution in [0.15, 0.2) is 51.8 Å². The Morgan fingerprint density at radius 2 is 1.67 bits per heavy atom. The van der Waals surface area contributed by atoms with Gasteiger partial charge in [-0.05, 0) is 43.2 Å². The molecule has 0 bridgehead atoms. The van der Waals surface area contributed by atoms with Gasteiger partial charge in [-0.3, -0.25) is 0 Å². The Morgan fingerprint density at radius 1 is 1.05 bits per heavy atom. The van der Waals surface area contributed by atoms with Crippen molar-refractivity contribution < 1.29 is 8.42 Å². The molecule has 6 heteroatoms. The summed E-state index contributed by atoms with van der Waals surface area (Å²) in [7, 11) is -3.85. The molecule has 0 N–H and O–H groups in total. The van der Waals surface area contributed by atoms with Gasteiger partial charge in [0.1, 0.15) is 5.17 Å². The Balaban J connectivity index is 2.47. The molecule has 0 atom stereocenters. The first-order valence-electron chi connectivity index (χ1n) is 6.13. The van der Waals surface area contributed by atoms with E-state index in [2.05, 4.69) is 4.40 Å². The maximum atomic E-state index is 12.4. The molecule has 110 valence electrons. The standard InChI is InChI=1S/C15H13Cl2NO2S/c1-10-3-4-11(2)14(9-10)21(19,20)18-15(17)12-5-7-13(16)8-6-12/h3-9H,1-2H3/b18-15-. The molecule has 0 spiro atoms. The van der Waals surface area contributed by atoms with Crippen molar-refractivity contribution in [3.8, 4) is 0 Å². The van der Waals surface area contributed by atoms with Gasteiger partial charge in [-0.1, -0.05) is 47.5 Å². The molecule has 0 aliphatic carbocycles. The summed E-state index contributed by atoms with van der Waals surface area (Å²) in [5, 5.41) is 0.452. The maximum absolute atomic E-state index is 12.4. The number of sulfonamides is 1. The highest BCUT2D eigenvalue weighted by atomic mass is 35.5. The fourth-order valence-corrected chi connectivity index (χ4v) is 3.53. The third-order valence-electron chi connectivity index (χ3n) is 2.90. The normalized spacial score (nSPS) is 12.5. The highest BCUT2D eigenvalue weighted by molar-refractivity contribution is 7.90. The predicted molar refractivity (Wildman–Crippen MR) is 86.9 cm³/mol. The van der Waals surface area contributed by atoms with Crippen molar-refractivity contribution in [1.82, 2.24) is 0 Å². The lowest BCUT2D eigenvalue weighted by molar-refractivity contribution is 0.597. The average Bonchev–Trinajstić information content (AvgIpc) is 2.41. The lowest BCUT2D eigenvalue weighted by Gasteiger charge is -2.06. The molecule has 3 nitrogen and oxygen atoms in total. The molecular weight excluding hydrogens is 329 g/mol. The van der Waals surface area contributed by atoms with Gasteiger partial charge in [-0.2, -0.15) is 8.42 Å². The molecule has 21 heavy (non-hydrogen) atoms. The van der Waals surface area contributed by atoms with Gasteiger partial charge in [0, 0.05) is 10.6 Å². The number of hydrogen-bond acceptors (Lipinski definition) is 2. The number of rotatable bonds is 3. The molecule has 0 saturated carbocycles. The van der Waals surface area contributed by atoms with Crippen molar-refractivity contribution in [2.75, 3.05) is 0 Å². The van der Waals surface area contributed by atoms with Crippen molar-refractivity contribution in [2.24, 2.45) is 4.40 Å².